The minimum Gasteiger partial charge on any atom is -0.467 e. The molecule has 1 N–H and O–H groups in total. The molecular weight excluding hydrogens is 363 g/mol. The van der Waals surface area contributed by atoms with E-state index in [1.807, 2.05) is 0 Å². The van der Waals surface area contributed by atoms with Crippen molar-refractivity contribution in [3.8, 4) is 0 Å². The van der Waals surface area contributed by atoms with Crippen molar-refractivity contribution in [3.05, 3.63) is 30.1 Å². The second kappa shape index (κ2) is 9.63. The Kier molecular flexibility index (Phi) is 8.16. The lowest BCUT2D eigenvalue weighted by molar-refractivity contribution is -0.146. The van der Waals surface area contributed by atoms with Gasteiger partial charge in [-0.3, -0.25) is 4.79 Å². The Morgan fingerprint density at radius 2 is 1.81 bits per heavy atom. The number of halogens is 1. The number of hydrogen-bond donors (Lipinski definition) is 1. The van der Waals surface area contributed by atoms with Gasteiger partial charge in [0.05, 0.1) is 12.0 Å². The van der Waals surface area contributed by atoms with Crippen LogP contribution >= 0.6 is 0 Å². The minimum absolute atomic E-state index is 0.0172. The molecule has 1 atom stereocenters. The summed E-state index contributed by atoms with van der Waals surface area (Å²) in [7, 11) is -1.11. The molecule has 0 heterocycles. The molecule has 0 saturated heterocycles. The van der Waals surface area contributed by atoms with E-state index in [0.717, 1.165) is 16.4 Å². The summed E-state index contributed by atoms with van der Waals surface area (Å²) in [5.74, 6) is -1.53. The number of methoxy groups -OCH3 is 1. The molecule has 0 aromatic heterocycles. The second-order valence-electron chi connectivity index (χ2n) is 6.20. The number of rotatable bonds is 9. The third kappa shape index (κ3) is 6.06. The number of amides is 1. The van der Waals surface area contributed by atoms with Gasteiger partial charge in [-0.25, -0.2) is 21.9 Å². The molecule has 0 aliphatic rings. The number of carbonyl (C=O) groups is 2. The van der Waals surface area contributed by atoms with Gasteiger partial charge in [-0.05, 0) is 36.6 Å². The largest absolute Gasteiger partial charge is 0.467 e. The summed E-state index contributed by atoms with van der Waals surface area (Å²) in [5.41, 5.74) is 0. The molecule has 9 heteroatoms. The topological polar surface area (TPSA) is 92.8 Å². The Hall–Kier alpha value is -2.00. The van der Waals surface area contributed by atoms with Gasteiger partial charge in [0.1, 0.15) is 11.9 Å². The van der Waals surface area contributed by atoms with Gasteiger partial charge < -0.3 is 10.1 Å². The first-order valence-electron chi connectivity index (χ1n) is 8.18. The Morgan fingerprint density at radius 3 is 2.31 bits per heavy atom. The van der Waals surface area contributed by atoms with Gasteiger partial charge in [0, 0.05) is 20.0 Å². The average Bonchev–Trinajstić information content (AvgIpc) is 2.59. The van der Waals surface area contributed by atoms with Crippen molar-refractivity contribution in [3.63, 3.8) is 0 Å². The highest BCUT2D eigenvalue weighted by molar-refractivity contribution is 7.89. The Balaban J connectivity index is 2.57. The molecule has 0 aliphatic carbocycles. The quantitative estimate of drug-likeness (QED) is 0.648. The van der Waals surface area contributed by atoms with Crippen LogP contribution < -0.4 is 5.32 Å². The van der Waals surface area contributed by atoms with Crippen molar-refractivity contribution in [1.29, 1.82) is 0 Å². The Bertz CT molecular complexity index is 719. The zero-order valence-corrected chi connectivity index (χ0v) is 16.2. The zero-order chi connectivity index (χ0) is 19.9. The van der Waals surface area contributed by atoms with Crippen LogP contribution in [0.2, 0.25) is 0 Å². The van der Waals surface area contributed by atoms with Gasteiger partial charge in [-0.15, -0.1) is 0 Å². The standard InChI is InChI=1S/C17H25FN2O5S/c1-12(2)16(17(22)25-4)19-15(21)6-5-11-20(3)26(23,24)14-9-7-13(18)8-10-14/h7-10,12,16H,5-6,11H2,1-4H3,(H,19,21)/t16-/m0/s1. The first-order valence-corrected chi connectivity index (χ1v) is 9.62. The number of ether oxygens (including phenoxy) is 1. The monoisotopic (exact) mass is 388 g/mol. The molecule has 146 valence electrons. The van der Waals surface area contributed by atoms with E-state index in [-0.39, 0.29) is 36.1 Å². The maximum absolute atomic E-state index is 12.9. The van der Waals surface area contributed by atoms with E-state index in [2.05, 4.69) is 10.1 Å². The molecule has 1 aromatic carbocycles. The molecular formula is C17H25FN2O5S. The van der Waals surface area contributed by atoms with E-state index in [1.54, 1.807) is 13.8 Å². The van der Waals surface area contributed by atoms with Crippen LogP contribution in [-0.4, -0.2) is 51.3 Å². The molecule has 1 amide bonds. The molecule has 26 heavy (non-hydrogen) atoms. The summed E-state index contributed by atoms with van der Waals surface area (Å²) in [6.45, 7) is 3.67. The summed E-state index contributed by atoms with van der Waals surface area (Å²) in [5, 5.41) is 2.59. The summed E-state index contributed by atoms with van der Waals surface area (Å²) >= 11 is 0. The van der Waals surface area contributed by atoms with E-state index < -0.39 is 27.9 Å². The lowest BCUT2D eigenvalue weighted by Crippen LogP contribution is -2.45. The SMILES string of the molecule is COC(=O)[C@@H](NC(=O)CCCN(C)S(=O)(=O)c1ccc(F)cc1)C(C)C. The fourth-order valence-electron chi connectivity index (χ4n) is 2.24. The number of benzene rings is 1. The summed E-state index contributed by atoms with van der Waals surface area (Å²) in [6.07, 6.45) is 0.332. The van der Waals surface area contributed by atoms with E-state index in [4.69, 9.17) is 0 Å². The molecule has 0 unspecified atom stereocenters. The van der Waals surface area contributed by atoms with Crippen molar-refractivity contribution in [2.75, 3.05) is 20.7 Å². The predicted octanol–water partition coefficient (Wildman–Crippen LogP) is 1.54. The summed E-state index contributed by atoms with van der Waals surface area (Å²) in [4.78, 5) is 23.6. The highest BCUT2D eigenvalue weighted by Crippen LogP contribution is 2.15. The maximum atomic E-state index is 12.9. The second-order valence-corrected chi connectivity index (χ2v) is 8.24. The molecule has 0 bridgehead atoms. The molecule has 0 spiro atoms. The van der Waals surface area contributed by atoms with E-state index in [1.165, 1.54) is 26.3 Å². The van der Waals surface area contributed by atoms with Gasteiger partial charge in [-0.1, -0.05) is 13.8 Å². The number of nitrogens with zero attached hydrogens (tertiary/aromatic N) is 1. The van der Waals surface area contributed by atoms with E-state index in [0.29, 0.717) is 0 Å². The predicted molar refractivity (Wildman–Crippen MR) is 94.2 cm³/mol. The Labute approximate surface area is 153 Å². The van der Waals surface area contributed by atoms with Crippen molar-refractivity contribution in [2.45, 2.75) is 37.6 Å². The fraction of sp³-hybridized carbons (Fsp3) is 0.529. The Morgan fingerprint density at radius 1 is 1.23 bits per heavy atom. The van der Waals surface area contributed by atoms with Crippen LogP contribution in [0.15, 0.2) is 29.2 Å². The van der Waals surface area contributed by atoms with E-state index >= 15 is 0 Å². The molecule has 0 fully saturated rings. The van der Waals surface area contributed by atoms with E-state index in [9.17, 15) is 22.4 Å². The minimum atomic E-state index is -3.75. The third-order valence-electron chi connectivity index (χ3n) is 3.84. The van der Waals surface area contributed by atoms with Gasteiger partial charge in [0.25, 0.3) is 0 Å². The smallest absolute Gasteiger partial charge is 0.328 e. The third-order valence-corrected chi connectivity index (χ3v) is 5.71. The molecule has 0 saturated carbocycles. The lowest BCUT2D eigenvalue weighted by atomic mass is 10.0. The lowest BCUT2D eigenvalue weighted by Gasteiger charge is -2.20. The van der Waals surface area contributed by atoms with Gasteiger partial charge in [0.15, 0.2) is 0 Å². The highest BCUT2D eigenvalue weighted by Gasteiger charge is 2.25. The van der Waals surface area contributed by atoms with Crippen molar-refractivity contribution < 1.29 is 27.1 Å². The first kappa shape index (κ1) is 22.0. The van der Waals surface area contributed by atoms with Gasteiger partial charge >= 0.3 is 5.97 Å². The number of esters is 1. The zero-order valence-electron chi connectivity index (χ0n) is 15.4. The van der Waals surface area contributed by atoms with Crippen LogP contribution in [-0.2, 0) is 24.3 Å². The number of carbonyl (C=O) groups excluding carboxylic acids is 2. The first-order chi connectivity index (χ1) is 12.1. The van der Waals surface area contributed by atoms with Gasteiger partial charge in [0.2, 0.25) is 15.9 Å². The molecule has 0 aliphatic heterocycles. The van der Waals surface area contributed by atoms with Crippen molar-refractivity contribution >= 4 is 21.9 Å². The van der Waals surface area contributed by atoms with Crippen LogP contribution in [0, 0.1) is 11.7 Å². The van der Waals surface area contributed by atoms with Crippen LogP contribution in [0.4, 0.5) is 4.39 Å². The number of sulfonamides is 1. The fourth-order valence-corrected chi connectivity index (χ4v) is 3.45. The van der Waals surface area contributed by atoms with Crippen LogP contribution in [0.1, 0.15) is 26.7 Å². The van der Waals surface area contributed by atoms with Gasteiger partial charge in [-0.2, -0.15) is 0 Å². The average molecular weight is 388 g/mol. The normalized spacial score (nSPS) is 12.9. The molecule has 1 aromatic rings. The maximum Gasteiger partial charge on any atom is 0.328 e. The highest BCUT2D eigenvalue weighted by atomic mass is 32.2. The van der Waals surface area contributed by atoms with Crippen molar-refractivity contribution in [2.24, 2.45) is 5.92 Å². The summed E-state index contributed by atoms with van der Waals surface area (Å²) < 4.78 is 43.4. The van der Waals surface area contributed by atoms with Crippen LogP contribution in [0.25, 0.3) is 0 Å². The number of nitrogens with one attached hydrogen (secondary N) is 1. The number of hydrogen-bond acceptors (Lipinski definition) is 5. The van der Waals surface area contributed by atoms with Crippen molar-refractivity contribution in [1.82, 2.24) is 9.62 Å². The van der Waals surface area contributed by atoms with Crippen LogP contribution in [0.5, 0.6) is 0 Å². The molecule has 0 radical (unpaired) electrons. The molecule has 1 rings (SSSR count). The van der Waals surface area contributed by atoms with Crippen LogP contribution in [0.3, 0.4) is 0 Å². The molecule has 7 nitrogen and oxygen atoms in total. The summed E-state index contributed by atoms with van der Waals surface area (Å²) in [6, 6.07) is 3.79.